The molecular formula is C17H19BrN4O. The molecule has 2 aromatic rings. The maximum atomic E-state index is 12.2. The molecular weight excluding hydrogens is 356 g/mol. The number of amides is 1. The van der Waals surface area contributed by atoms with Crippen LogP contribution in [0.3, 0.4) is 0 Å². The Bertz CT molecular complexity index is 681. The number of piperidine rings is 1. The maximum Gasteiger partial charge on any atom is 0.258 e. The zero-order chi connectivity index (χ0) is 16.2. The van der Waals surface area contributed by atoms with Crippen LogP contribution in [0.25, 0.3) is 0 Å². The summed E-state index contributed by atoms with van der Waals surface area (Å²) in [6.07, 6.45) is 5.50. The normalized spacial score (nSPS) is 15.5. The number of nitrogens with zero attached hydrogens (tertiary/aromatic N) is 3. The third kappa shape index (κ3) is 4.07. The molecule has 5 nitrogen and oxygen atoms in total. The molecule has 23 heavy (non-hydrogen) atoms. The fourth-order valence-electron chi connectivity index (χ4n) is 2.58. The van der Waals surface area contributed by atoms with Gasteiger partial charge in [-0.3, -0.25) is 4.79 Å². The van der Waals surface area contributed by atoms with E-state index in [1.165, 1.54) is 0 Å². The fourth-order valence-corrected chi connectivity index (χ4v) is 2.98. The molecule has 0 unspecified atom stereocenters. The SMILES string of the molecule is CC1CCN(c2ncc(C(=O)Nc3cccc(Br)c3)cn2)CC1. The van der Waals surface area contributed by atoms with Crippen LogP contribution in [0.15, 0.2) is 41.1 Å². The van der Waals surface area contributed by atoms with Crippen LogP contribution in [-0.2, 0) is 0 Å². The van der Waals surface area contributed by atoms with E-state index in [4.69, 9.17) is 0 Å². The van der Waals surface area contributed by atoms with Gasteiger partial charge in [0.2, 0.25) is 5.95 Å². The van der Waals surface area contributed by atoms with Crippen molar-refractivity contribution < 1.29 is 4.79 Å². The third-order valence-electron chi connectivity index (χ3n) is 4.05. The molecule has 3 rings (SSSR count). The number of anilines is 2. The van der Waals surface area contributed by atoms with Crippen LogP contribution in [0.5, 0.6) is 0 Å². The molecule has 1 aliphatic rings. The Morgan fingerprint density at radius 3 is 2.61 bits per heavy atom. The third-order valence-corrected chi connectivity index (χ3v) is 4.54. The van der Waals surface area contributed by atoms with Gasteiger partial charge in [0.15, 0.2) is 0 Å². The molecule has 1 aliphatic heterocycles. The summed E-state index contributed by atoms with van der Waals surface area (Å²) in [4.78, 5) is 23.1. The molecule has 0 bridgehead atoms. The van der Waals surface area contributed by atoms with E-state index in [0.29, 0.717) is 11.5 Å². The first-order valence-electron chi connectivity index (χ1n) is 7.76. The number of carbonyl (C=O) groups excluding carboxylic acids is 1. The second-order valence-electron chi connectivity index (χ2n) is 5.91. The minimum atomic E-state index is -0.207. The van der Waals surface area contributed by atoms with Crippen LogP contribution in [0.2, 0.25) is 0 Å². The van der Waals surface area contributed by atoms with Crippen LogP contribution < -0.4 is 10.2 Å². The van der Waals surface area contributed by atoms with Crippen molar-refractivity contribution in [2.24, 2.45) is 5.92 Å². The molecule has 1 fully saturated rings. The summed E-state index contributed by atoms with van der Waals surface area (Å²) in [6.45, 7) is 4.23. The Kier molecular flexibility index (Phi) is 4.91. The summed E-state index contributed by atoms with van der Waals surface area (Å²) >= 11 is 3.38. The van der Waals surface area contributed by atoms with Gasteiger partial charge in [0.25, 0.3) is 5.91 Å². The van der Waals surface area contributed by atoms with Gasteiger partial charge in [-0.05, 0) is 37.0 Å². The van der Waals surface area contributed by atoms with Crippen LogP contribution >= 0.6 is 15.9 Å². The van der Waals surface area contributed by atoms with Crippen molar-refractivity contribution in [2.45, 2.75) is 19.8 Å². The number of aromatic nitrogens is 2. The van der Waals surface area contributed by atoms with Gasteiger partial charge in [0.05, 0.1) is 5.56 Å². The Labute approximate surface area is 144 Å². The lowest BCUT2D eigenvalue weighted by Crippen LogP contribution is -2.34. The van der Waals surface area contributed by atoms with Gasteiger partial charge < -0.3 is 10.2 Å². The lowest BCUT2D eigenvalue weighted by molar-refractivity contribution is 0.102. The van der Waals surface area contributed by atoms with Crippen molar-refractivity contribution in [1.29, 1.82) is 0 Å². The van der Waals surface area contributed by atoms with Crippen molar-refractivity contribution in [3.8, 4) is 0 Å². The van der Waals surface area contributed by atoms with Crippen LogP contribution in [0.1, 0.15) is 30.1 Å². The molecule has 0 atom stereocenters. The summed E-state index contributed by atoms with van der Waals surface area (Å²) in [6, 6.07) is 7.47. The van der Waals surface area contributed by atoms with E-state index >= 15 is 0 Å². The number of rotatable bonds is 3. The molecule has 6 heteroatoms. The zero-order valence-electron chi connectivity index (χ0n) is 13.0. The summed E-state index contributed by atoms with van der Waals surface area (Å²) in [7, 11) is 0. The number of benzene rings is 1. The molecule has 1 N–H and O–H groups in total. The van der Waals surface area contributed by atoms with E-state index in [1.54, 1.807) is 12.4 Å². The molecule has 1 amide bonds. The lowest BCUT2D eigenvalue weighted by atomic mass is 10.00. The quantitative estimate of drug-likeness (QED) is 0.888. The number of nitrogens with one attached hydrogen (secondary N) is 1. The first kappa shape index (κ1) is 15.9. The minimum absolute atomic E-state index is 0.207. The molecule has 1 saturated heterocycles. The molecule has 2 heterocycles. The van der Waals surface area contributed by atoms with Gasteiger partial charge >= 0.3 is 0 Å². The van der Waals surface area contributed by atoms with E-state index < -0.39 is 0 Å². The van der Waals surface area contributed by atoms with Crippen LogP contribution in [0.4, 0.5) is 11.6 Å². The van der Waals surface area contributed by atoms with E-state index in [0.717, 1.165) is 42.0 Å². The molecule has 1 aromatic heterocycles. The number of halogens is 1. The summed E-state index contributed by atoms with van der Waals surface area (Å²) in [5, 5.41) is 2.84. The fraction of sp³-hybridized carbons (Fsp3) is 0.353. The van der Waals surface area contributed by atoms with Gasteiger partial charge in [0.1, 0.15) is 0 Å². The summed E-state index contributed by atoms with van der Waals surface area (Å²) in [5.74, 6) is 1.26. The van der Waals surface area contributed by atoms with E-state index in [9.17, 15) is 4.79 Å². The van der Waals surface area contributed by atoms with E-state index in [2.05, 4.69) is 43.0 Å². The van der Waals surface area contributed by atoms with Crippen molar-refractivity contribution in [1.82, 2.24) is 9.97 Å². The Balaban J connectivity index is 1.65. The monoisotopic (exact) mass is 374 g/mol. The summed E-state index contributed by atoms with van der Waals surface area (Å²) < 4.78 is 0.918. The standard InChI is InChI=1S/C17H19BrN4O/c1-12-5-7-22(8-6-12)17-19-10-13(11-20-17)16(23)21-15-4-2-3-14(18)9-15/h2-4,9-12H,5-8H2,1H3,(H,21,23). The molecule has 0 saturated carbocycles. The second kappa shape index (κ2) is 7.08. The first-order valence-corrected chi connectivity index (χ1v) is 8.55. The van der Waals surface area contributed by atoms with Gasteiger partial charge in [-0.15, -0.1) is 0 Å². The van der Waals surface area contributed by atoms with Gasteiger partial charge in [-0.1, -0.05) is 28.9 Å². The van der Waals surface area contributed by atoms with Gasteiger partial charge in [0, 0.05) is 35.6 Å². The average molecular weight is 375 g/mol. The highest BCUT2D eigenvalue weighted by molar-refractivity contribution is 9.10. The largest absolute Gasteiger partial charge is 0.341 e. The predicted molar refractivity (Wildman–Crippen MR) is 94.7 cm³/mol. The lowest BCUT2D eigenvalue weighted by Gasteiger charge is -2.30. The topological polar surface area (TPSA) is 58.1 Å². The summed E-state index contributed by atoms with van der Waals surface area (Å²) in [5.41, 5.74) is 1.19. The van der Waals surface area contributed by atoms with E-state index in [-0.39, 0.29) is 5.91 Å². The molecule has 0 spiro atoms. The van der Waals surface area contributed by atoms with E-state index in [1.807, 2.05) is 24.3 Å². The van der Waals surface area contributed by atoms with Gasteiger partial charge in [-0.2, -0.15) is 0 Å². The number of hydrogen-bond donors (Lipinski definition) is 1. The number of carbonyl (C=O) groups is 1. The first-order chi connectivity index (χ1) is 11.1. The highest BCUT2D eigenvalue weighted by Gasteiger charge is 2.18. The van der Waals surface area contributed by atoms with Crippen molar-refractivity contribution in [3.63, 3.8) is 0 Å². The van der Waals surface area contributed by atoms with Crippen LogP contribution in [-0.4, -0.2) is 29.0 Å². The minimum Gasteiger partial charge on any atom is -0.341 e. The molecule has 0 aliphatic carbocycles. The highest BCUT2D eigenvalue weighted by atomic mass is 79.9. The number of hydrogen-bond acceptors (Lipinski definition) is 4. The zero-order valence-corrected chi connectivity index (χ0v) is 14.6. The highest BCUT2D eigenvalue weighted by Crippen LogP contribution is 2.20. The average Bonchev–Trinajstić information content (AvgIpc) is 2.56. The van der Waals surface area contributed by atoms with Crippen molar-refractivity contribution in [2.75, 3.05) is 23.3 Å². The Hall–Kier alpha value is -1.95. The van der Waals surface area contributed by atoms with Crippen molar-refractivity contribution >= 4 is 33.5 Å². The van der Waals surface area contributed by atoms with Gasteiger partial charge in [-0.25, -0.2) is 9.97 Å². The Morgan fingerprint density at radius 1 is 1.26 bits per heavy atom. The van der Waals surface area contributed by atoms with Crippen LogP contribution in [0, 0.1) is 5.92 Å². The van der Waals surface area contributed by atoms with Crippen molar-refractivity contribution in [3.05, 3.63) is 46.7 Å². The predicted octanol–water partition coefficient (Wildman–Crippen LogP) is 3.73. The molecule has 120 valence electrons. The second-order valence-corrected chi connectivity index (χ2v) is 6.82. The molecule has 0 radical (unpaired) electrons. The molecule has 1 aromatic carbocycles. The Morgan fingerprint density at radius 2 is 1.96 bits per heavy atom. The smallest absolute Gasteiger partial charge is 0.258 e. The maximum absolute atomic E-state index is 12.2.